The number of quaternary nitrogens is 1. The number of rotatable bonds is 2. The standard InChI is InChI=1S/C4H9NO2S/c1-4-8(6,7)5(2)3/h4-5H,1-2H2,3H3. The molecule has 0 saturated carbocycles. The molecule has 0 aliphatic rings. The SMILES string of the molecule is C=CS(=O)(=O)[NH+]([CH2-])C. The minimum absolute atomic E-state index is 0.132. The van der Waals surface area contributed by atoms with E-state index < -0.39 is 10.0 Å². The molecule has 1 N–H and O–H groups in total. The van der Waals surface area contributed by atoms with E-state index in [1.165, 1.54) is 7.05 Å². The highest BCUT2D eigenvalue weighted by Crippen LogP contribution is 1.71. The maximum Gasteiger partial charge on any atom is 0.293 e. The van der Waals surface area contributed by atoms with Crippen LogP contribution in [-0.2, 0) is 10.0 Å². The number of hydrogen-bond donors (Lipinski definition) is 1. The third-order valence-corrected chi connectivity index (χ3v) is 2.12. The van der Waals surface area contributed by atoms with Gasteiger partial charge in [0.25, 0.3) is 10.0 Å². The van der Waals surface area contributed by atoms with Crippen molar-refractivity contribution in [2.24, 2.45) is 0 Å². The van der Waals surface area contributed by atoms with Crippen LogP contribution in [0.2, 0.25) is 0 Å². The van der Waals surface area contributed by atoms with Crippen molar-refractivity contribution in [1.82, 2.24) is 0 Å². The maximum atomic E-state index is 10.5. The van der Waals surface area contributed by atoms with Crippen LogP contribution in [0.1, 0.15) is 0 Å². The normalized spacial score (nSPS) is 15.2. The lowest BCUT2D eigenvalue weighted by molar-refractivity contribution is -0.685. The average molecular weight is 135 g/mol. The first-order valence-electron chi connectivity index (χ1n) is 2.03. The van der Waals surface area contributed by atoms with Crippen molar-refractivity contribution in [3.05, 3.63) is 19.0 Å². The molecule has 0 heterocycles. The third kappa shape index (κ3) is 1.63. The Bertz CT molecular complexity index is 168. The van der Waals surface area contributed by atoms with Crippen LogP contribution in [0.4, 0.5) is 0 Å². The van der Waals surface area contributed by atoms with E-state index in [-0.39, 0.29) is 4.31 Å². The molecule has 0 aromatic carbocycles. The molecule has 3 nitrogen and oxygen atoms in total. The Labute approximate surface area is 49.7 Å². The van der Waals surface area contributed by atoms with E-state index >= 15 is 0 Å². The molecule has 0 aliphatic heterocycles. The van der Waals surface area contributed by atoms with Gasteiger partial charge in [0.15, 0.2) is 0 Å². The molecule has 0 spiro atoms. The smallest absolute Gasteiger partial charge is 0.293 e. The zero-order valence-corrected chi connectivity index (χ0v) is 5.53. The van der Waals surface area contributed by atoms with Gasteiger partial charge in [-0.05, 0) is 0 Å². The minimum atomic E-state index is -3.17. The second-order valence-corrected chi connectivity index (χ2v) is 3.53. The van der Waals surface area contributed by atoms with Crippen molar-refractivity contribution < 1.29 is 12.7 Å². The van der Waals surface area contributed by atoms with Gasteiger partial charge in [0, 0.05) is 0 Å². The highest BCUT2D eigenvalue weighted by atomic mass is 32.2. The molecule has 0 aromatic heterocycles. The molecule has 0 aromatic rings. The summed E-state index contributed by atoms with van der Waals surface area (Å²) in [5.74, 6) is 0. The van der Waals surface area contributed by atoms with E-state index in [0.29, 0.717) is 0 Å². The van der Waals surface area contributed by atoms with Gasteiger partial charge in [-0.25, -0.2) is 0 Å². The van der Waals surface area contributed by atoms with Crippen LogP contribution in [0.15, 0.2) is 12.0 Å². The van der Waals surface area contributed by atoms with Crippen molar-refractivity contribution >= 4 is 10.0 Å². The van der Waals surface area contributed by atoms with E-state index in [0.717, 1.165) is 5.41 Å². The van der Waals surface area contributed by atoms with Crippen LogP contribution in [0, 0.1) is 7.05 Å². The first-order chi connectivity index (χ1) is 3.50. The van der Waals surface area contributed by atoms with Gasteiger partial charge in [-0.1, -0.05) is 6.58 Å². The van der Waals surface area contributed by atoms with Crippen LogP contribution in [-0.4, -0.2) is 15.5 Å². The van der Waals surface area contributed by atoms with Gasteiger partial charge in [0.05, 0.1) is 12.5 Å². The predicted octanol–water partition coefficient (Wildman–Crippen LogP) is -1.23. The largest absolute Gasteiger partial charge is 0.359 e. The Morgan fingerprint density at radius 2 is 2.12 bits per heavy atom. The van der Waals surface area contributed by atoms with Crippen LogP contribution < -0.4 is 4.31 Å². The highest BCUT2D eigenvalue weighted by Gasteiger charge is 2.03. The van der Waals surface area contributed by atoms with Crippen LogP contribution in [0.5, 0.6) is 0 Å². The molecule has 0 aliphatic carbocycles. The lowest BCUT2D eigenvalue weighted by atomic mass is 11.3. The predicted molar refractivity (Wildman–Crippen MR) is 31.4 cm³/mol. The van der Waals surface area contributed by atoms with E-state index in [9.17, 15) is 8.42 Å². The van der Waals surface area contributed by atoms with Crippen LogP contribution >= 0.6 is 0 Å². The van der Waals surface area contributed by atoms with E-state index in [2.05, 4.69) is 13.6 Å². The molecule has 8 heavy (non-hydrogen) atoms. The highest BCUT2D eigenvalue weighted by molar-refractivity contribution is 7.88. The summed E-state index contributed by atoms with van der Waals surface area (Å²) >= 11 is 0. The van der Waals surface area contributed by atoms with Crippen molar-refractivity contribution in [2.75, 3.05) is 7.05 Å². The van der Waals surface area contributed by atoms with Gasteiger partial charge in [-0.3, -0.25) is 0 Å². The summed E-state index contributed by atoms with van der Waals surface area (Å²) in [6.07, 6.45) is 0. The van der Waals surface area contributed by atoms with E-state index in [1.807, 2.05) is 0 Å². The van der Waals surface area contributed by atoms with Crippen molar-refractivity contribution in [3.63, 3.8) is 0 Å². The Morgan fingerprint density at radius 3 is 2.12 bits per heavy atom. The fourth-order valence-corrected chi connectivity index (χ4v) is 0.427. The first kappa shape index (κ1) is 7.65. The van der Waals surface area contributed by atoms with Crippen molar-refractivity contribution in [3.8, 4) is 0 Å². The molecule has 1 unspecified atom stereocenters. The number of hydrogen-bond acceptors (Lipinski definition) is 2. The van der Waals surface area contributed by atoms with Gasteiger partial charge < -0.3 is 4.31 Å². The zero-order valence-electron chi connectivity index (χ0n) is 4.72. The fraction of sp³-hybridized carbons (Fsp3) is 0.250. The van der Waals surface area contributed by atoms with Crippen molar-refractivity contribution in [2.45, 2.75) is 0 Å². The summed E-state index contributed by atoms with van der Waals surface area (Å²) < 4.78 is 21.1. The number of sulfonamides is 1. The monoisotopic (exact) mass is 135 g/mol. The summed E-state index contributed by atoms with van der Waals surface area (Å²) in [5, 5.41) is 0.884. The Morgan fingerprint density at radius 1 is 1.75 bits per heavy atom. The molecule has 0 fully saturated rings. The van der Waals surface area contributed by atoms with Crippen LogP contribution in [0.25, 0.3) is 0 Å². The molecule has 4 heteroatoms. The van der Waals surface area contributed by atoms with Gasteiger partial charge in [0.1, 0.15) is 0 Å². The van der Waals surface area contributed by atoms with E-state index in [1.54, 1.807) is 0 Å². The molecule has 0 rings (SSSR count). The van der Waals surface area contributed by atoms with Gasteiger partial charge >= 0.3 is 0 Å². The maximum absolute atomic E-state index is 10.5. The van der Waals surface area contributed by atoms with Crippen LogP contribution in [0.3, 0.4) is 0 Å². The Kier molecular flexibility index (Phi) is 2.18. The van der Waals surface area contributed by atoms with E-state index in [4.69, 9.17) is 0 Å². The summed E-state index contributed by atoms with van der Waals surface area (Å²) in [4.78, 5) is 0. The quantitative estimate of drug-likeness (QED) is 0.481. The topological polar surface area (TPSA) is 38.6 Å². The summed E-state index contributed by atoms with van der Waals surface area (Å²) in [7, 11) is 1.50. The first-order valence-corrected chi connectivity index (χ1v) is 3.58. The van der Waals surface area contributed by atoms with Gasteiger partial charge in [-0.15, -0.1) is 7.05 Å². The molecular formula is C4H9NO2S. The second kappa shape index (κ2) is 2.28. The lowest BCUT2D eigenvalue weighted by Gasteiger charge is -2.09. The Balaban J connectivity index is 4.40. The Hall–Kier alpha value is -0.350. The third-order valence-electron chi connectivity index (χ3n) is 0.705. The molecular weight excluding hydrogens is 126 g/mol. The summed E-state index contributed by atoms with van der Waals surface area (Å²) in [6.45, 7) is 3.10. The molecule has 0 amide bonds. The lowest BCUT2D eigenvalue weighted by Crippen LogP contribution is -3.05. The second-order valence-electron chi connectivity index (χ2n) is 1.41. The zero-order chi connectivity index (χ0) is 6.78. The molecule has 48 valence electrons. The average Bonchev–Trinajstić information content (AvgIpc) is 1.67. The summed E-state index contributed by atoms with van der Waals surface area (Å²) in [5.41, 5.74) is 0. The van der Waals surface area contributed by atoms with Gasteiger partial charge in [-0.2, -0.15) is 8.42 Å². The molecule has 0 radical (unpaired) electrons. The molecule has 0 bridgehead atoms. The fourth-order valence-electron chi connectivity index (χ4n) is 0.142. The van der Waals surface area contributed by atoms with Gasteiger partial charge in [0.2, 0.25) is 0 Å². The molecule has 0 saturated heterocycles. The number of nitrogens with one attached hydrogen (secondary N) is 1. The molecule has 1 atom stereocenters. The summed E-state index contributed by atoms with van der Waals surface area (Å²) in [6, 6.07) is 0. The van der Waals surface area contributed by atoms with Crippen molar-refractivity contribution in [1.29, 1.82) is 0 Å². The minimum Gasteiger partial charge on any atom is -0.359 e.